The number of unbranched alkanes of at least 4 members (excludes halogenated alkanes) is 3. The number of benzene rings is 1. The van der Waals surface area contributed by atoms with Crippen LogP contribution in [0.1, 0.15) is 45.1 Å². The molecule has 0 saturated carbocycles. The van der Waals surface area contributed by atoms with Crippen molar-refractivity contribution in [2.45, 2.75) is 52.2 Å². The summed E-state index contributed by atoms with van der Waals surface area (Å²) in [4.78, 5) is 0. The molecule has 0 aliphatic heterocycles. The Morgan fingerprint density at radius 1 is 1.16 bits per heavy atom. The van der Waals surface area contributed by atoms with E-state index in [1.165, 1.54) is 24.8 Å². The summed E-state index contributed by atoms with van der Waals surface area (Å²) < 4.78 is 6.80. The summed E-state index contributed by atoms with van der Waals surface area (Å²) in [6.45, 7) is 7.10. The summed E-state index contributed by atoms with van der Waals surface area (Å²) in [5, 5.41) is 3.44. The fourth-order valence-corrected chi connectivity index (χ4v) is 2.34. The van der Waals surface area contributed by atoms with Gasteiger partial charge in [0.15, 0.2) is 0 Å². The van der Waals surface area contributed by atoms with E-state index in [1.54, 1.807) is 0 Å². The molecular formula is C16H26BrNO. The number of rotatable bonds is 10. The maximum atomic E-state index is 5.68. The second-order valence-corrected chi connectivity index (χ2v) is 6.12. The van der Waals surface area contributed by atoms with Crippen molar-refractivity contribution < 1.29 is 4.74 Å². The minimum absolute atomic E-state index is 0.605. The molecule has 0 aliphatic rings. The molecule has 0 fully saturated rings. The topological polar surface area (TPSA) is 21.3 Å². The molecule has 1 aromatic carbocycles. The van der Waals surface area contributed by atoms with Crippen LogP contribution in [0.3, 0.4) is 0 Å². The summed E-state index contributed by atoms with van der Waals surface area (Å²) in [6, 6.07) is 8.90. The molecule has 1 rings (SSSR count). The van der Waals surface area contributed by atoms with E-state index in [0.29, 0.717) is 12.6 Å². The number of hydrogen-bond donors (Lipinski definition) is 1. The third kappa shape index (κ3) is 9.20. The van der Waals surface area contributed by atoms with E-state index in [0.717, 1.165) is 24.0 Å². The molecule has 0 spiro atoms. The van der Waals surface area contributed by atoms with Crippen molar-refractivity contribution >= 4 is 15.9 Å². The Morgan fingerprint density at radius 3 is 2.68 bits per heavy atom. The summed E-state index contributed by atoms with van der Waals surface area (Å²) in [5.74, 6) is 0. The summed E-state index contributed by atoms with van der Waals surface area (Å²) >= 11 is 3.47. The van der Waals surface area contributed by atoms with Crippen LogP contribution in [0, 0.1) is 0 Å². The largest absolute Gasteiger partial charge is 0.377 e. The van der Waals surface area contributed by atoms with Crippen LogP contribution < -0.4 is 5.32 Å². The van der Waals surface area contributed by atoms with Crippen molar-refractivity contribution in [1.29, 1.82) is 0 Å². The Morgan fingerprint density at radius 2 is 1.95 bits per heavy atom. The van der Waals surface area contributed by atoms with Gasteiger partial charge in [-0.1, -0.05) is 54.8 Å². The van der Waals surface area contributed by atoms with Crippen LogP contribution in [-0.4, -0.2) is 19.2 Å². The van der Waals surface area contributed by atoms with E-state index in [4.69, 9.17) is 4.74 Å². The van der Waals surface area contributed by atoms with Crippen molar-refractivity contribution in [3.63, 3.8) is 0 Å². The van der Waals surface area contributed by atoms with E-state index in [-0.39, 0.29) is 0 Å². The minimum atomic E-state index is 0.605. The second kappa shape index (κ2) is 10.4. The average Bonchev–Trinajstić information content (AvgIpc) is 2.36. The van der Waals surface area contributed by atoms with Gasteiger partial charge in [-0.05, 0) is 37.1 Å². The fourth-order valence-electron chi connectivity index (χ4n) is 1.89. The van der Waals surface area contributed by atoms with E-state index >= 15 is 0 Å². The predicted molar refractivity (Wildman–Crippen MR) is 85.4 cm³/mol. The standard InChI is InChI=1S/C16H26BrNO/c1-14(2)18-10-5-3-4-6-11-19-13-15-8-7-9-16(17)12-15/h7-9,12,14,18H,3-6,10-11,13H2,1-2H3. The van der Waals surface area contributed by atoms with Gasteiger partial charge in [-0.2, -0.15) is 0 Å². The molecule has 0 amide bonds. The molecule has 0 radical (unpaired) electrons. The molecule has 3 heteroatoms. The van der Waals surface area contributed by atoms with Gasteiger partial charge in [-0.3, -0.25) is 0 Å². The Kier molecular flexibility index (Phi) is 9.14. The SMILES string of the molecule is CC(C)NCCCCCCOCc1cccc(Br)c1. The molecule has 0 saturated heterocycles. The molecule has 1 N–H and O–H groups in total. The van der Waals surface area contributed by atoms with Gasteiger partial charge in [0.2, 0.25) is 0 Å². The van der Waals surface area contributed by atoms with Crippen LogP contribution >= 0.6 is 15.9 Å². The third-order valence-electron chi connectivity index (χ3n) is 2.93. The van der Waals surface area contributed by atoms with Crippen LogP contribution in [0.15, 0.2) is 28.7 Å². The Hall–Kier alpha value is -0.380. The zero-order chi connectivity index (χ0) is 13.9. The van der Waals surface area contributed by atoms with Crippen LogP contribution in [0.5, 0.6) is 0 Å². The van der Waals surface area contributed by atoms with Crippen molar-refractivity contribution in [2.75, 3.05) is 13.2 Å². The fraction of sp³-hybridized carbons (Fsp3) is 0.625. The Balaban J connectivity index is 1.91. The van der Waals surface area contributed by atoms with Gasteiger partial charge in [0.05, 0.1) is 6.61 Å². The lowest BCUT2D eigenvalue weighted by Gasteiger charge is -2.07. The van der Waals surface area contributed by atoms with E-state index in [2.05, 4.69) is 47.2 Å². The van der Waals surface area contributed by atoms with Gasteiger partial charge in [0, 0.05) is 17.1 Å². The first-order valence-electron chi connectivity index (χ1n) is 7.24. The summed E-state index contributed by atoms with van der Waals surface area (Å²) in [7, 11) is 0. The summed E-state index contributed by atoms with van der Waals surface area (Å²) in [5.41, 5.74) is 1.23. The zero-order valence-corrected chi connectivity index (χ0v) is 13.7. The van der Waals surface area contributed by atoms with Crippen LogP contribution in [0.25, 0.3) is 0 Å². The maximum absolute atomic E-state index is 5.68. The molecule has 0 heterocycles. The lowest BCUT2D eigenvalue weighted by molar-refractivity contribution is 0.116. The van der Waals surface area contributed by atoms with Crippen molar-refractivity contribution in [1.82, 2.24) is 5.32 Å². The Bertz CT molecular complexity index is 341. The molecule has 0 aliphatic carbocycles. The van der Waals surface area contributed by atoms with Crippen molar-refractivity contribution in [3.05, 3.63) is 34.3 Å². The first kappa shape index (κ1) is 16.7. The molecular weight excluding hydrogens is 302 g/mol. The highest BCUT2D eigenvalue weighted by atomic mass is 79.9. The molecule has 0 atom stereocenters. The zero-order valence-electron chi connectivity index (χ0n) is 12.1. The highest BCUT2D eigenvalue weighted by Crippen LogP contribution is 2.12. The quantitative estimate of drug-likeness (QED) is 0.638. The molecule has 1 aromatic rings. The van der Waals surface area contributed by atoms with Gasteiger partial charge in [0.1, 0.15) is 0 Å². The normalized spacial score (nSPS) is 11.2. The molecule has 2 nitrogen and oxygen atoms in total. The maximum Gasteiger partial charge on any atom is 0.0717 e. The summed E-state index contributed by atoms with van der Waals surface area (Å²) in [6.07, 6.45) is 4.98. The van der Waals surface area contributed by atoms with Crippen LogP contribution in [0.2, 0.25) is 0 Å². The molecule has 108 valence electrons. The second-order valence-electron chi connectivity index (χ2n) is 5.21. The first-order chi connectivity index (χ1) is 9.18. The number of hydrogen-bond acceptors (Lipinski definition) is 2. The first-order valence-corrected chi connectivity index (χ1v) is 8.03. The number of nitrogens with one attached hydrogen (secondary N) is 1. The smallest absolute Gasteiger partial charge is 0.0717 e. The monoisotopic (exact) mass is 327 g/mol. The molecule has 0 bridgehead atoms. The highest BCUT2D eigenvalue weighted by Gasteiger charge is 1.96. The molecule has 0 aromatic heterocycles. The van der Waals surface area contributed by atoms with Gasteiger partial charge in [-0.25, -0.2) is 0 Å². The highest BCUT2D eigenvalue weighted by molar-refractivity contribution is 9.10. The molecule has 0 unspecified atom stereocenters. The van der Waals surface area contributed by atoms with Gasteiger partial charge in [0.25, 0.3) is 0 Å². The van der Waals surface area contributed by atoms with E-state index in [9.17, 15) is 0 Å². The van der Waals surface area contributed by atoms with Crippen molar-refractivity contribution in [3.8, 4) is 0 Å². The number of ether oxygens (including phenoxy) is 1. The van der Waals surface area contributed by atoms with Gasteiger partial charge in [-0.15, -0.1) is 0 Å². The van der Waals surface area contributed by atoms with Crippen LogP contribution in [-0.2, 0) is 11.3 Å². The Labute approximate surface area is 126 Å². The third-order valence-corrected chi connectivity index (χ3v) is 3.42. The number of halogens is 1. The molecule has 19 heavy (non-hydrogen) atoms. The van der Waals surface area contributed by atoms with Crippen LogP contribution in [0.4, 0.5) is 0 Å². The van der Waals surface area contributed by atoms with Crippen molar-refractivity contribution in [2.24, 2.45) is 0 Å². The average molecular weight is 328 g/mol. The minimum Gasteiger partial charge on any atom is -0.377 e. The lowest BCUT2D eigenvalue weighted by atomic mass is 10.2. The van der Waals surface area contributed by atoms with E-state index < -0.39 is 0 Å². The van der Waals surface area contributed by atoms with Gasteiger partial charge >= 0.3 is 0 Å². The van der Waals surface area contributed by atoms with E-state index in [1.807, 2.05) is 12.1 Å². The van der Waals surface area contributed by atoms with Gasteiger partial charge < -0.3 is 10.1 Å². The lowest BCUT2D eigenvalue weighted by Crippen LogP contribution is -2.23. The predicted octanol–water partition coefficient (Wildman–Crippen LogP) is 4.52.